The summed E-state index contributed by atoms with van der Waals surface area (Å²) in [6.45, 7) is -0.480. The molecular formula is C13H11F4NO4. The van der Waals surface area contributed by atoms with Crippen LogP contribution < -0.4 is 0 Å². The van der Waals surface area contributed by atoms with Crippen LogP contribution in [0.25, 0.3) is 0 Å². The number of carboxylic acid groups (broad SMARTS) is 1. The molecule has 1 heterocycles. The molecule has 1 aliphatic heterocycles. The van der Waals surface area contributed by atoms with Gasteiger partial charge in [-0.15, -0.1) is 0 Å². The fraction of sp³-hybridized carbons (Fsp3) is 0.385. The van der Waals surface area contributed by atoms with E-state index in [0.717, 1.165) is 7.11 Å². The number of ether oxygens (including phenoxy) is 1. The summed E-state index contributed by atoms with van der Waals surface area (Å²) >= 11 is 0. The fourth-order valence-corrected chi connectivity index (χ4v) is 2.57. The second kappa shape index (κ2) is 5.82. The molecule has 2 atom stereocenters. The van der Waals surface area contributed by atoms with E-state index < -0.39 is 59.4 Å². The molecule has 22 heavy (non-hydrogen) atoms. The number of amides is 1. The van der Waals surface area contributed by atoms with Gasteiger partial charge in [-0.2, -0.15) is 0 Å². The first-order valence-corrected chi connectivity index (χ1v) is 6.18. The van der Waals surface area contributed by atoms with E-state index in [4.69, 9.17) is 5.11 Å². The van der Waals surface area contributed by atoms with Crippen molar-refractivity contribution in [1.82, 2.24) is 4.90 Å². The normalized spacial score (nSPS) is 21.0. The molecule has 0 aliphatic carbocycles. The topological polar surface area (TPSA) is 66.8 Å². The highest BCUT2D eigenvalue weighted by Gasteiger charge is 2.43. The van der Waals surface area contributed by atoms with Crippen molar-refractivity contribution in [2.24, 2.45) is 0 Å². The van der Waals surface area contributed by atoms with Crippen LogP contribution in [0.4, 0.5) is 22.4 Å². The Balaban J connectivity index is 2.44. The van der Waals surface area contributed by atoms with Crippen LogP contribution in [0.2, 0.25) is 0 Å². The molecule has 1 N–H and O–H groups in total. The number of halogens is 4. The van der Waals surface area contributed by atoms with Crippen molar-refractivity contribution >= 4 is 12.1 Å². The van der Waals surface area contributed by atoms with Gasteiger partial charge in [0, 0.05) is 24.1 Å². The molecule has 2 rings (SSSR count). The van der Waals surface area contributed by atoms with Gasteiger partial charge in [0.15, 0.2) is 23.3 Å². The van der Waals surface area contributed by atoms with E-state index in [0.29, 0.717) is 4.90 Å². The molecule has 0 radical (unpaired) electrons. The molecule has 1 amide bonds. The summed E-state index contributed by atoms with van der Waals surface area (Å²) in [6, 6.07) is -1.23. The highest BCUT2D eigenvalue weighted by atomic mass is 19.2. The highest BCUT2D eigenvalue weighted by molar-refractivity contribution is 5.81. The Kier molecular flexibility index (Phi) is 4.25. The number of benzene rings is 1. The molecule has 1 aliphatic rings. The van der Waals surface area contributed by atoms with Crippen molar-refractivity contribution in [3.05, 3.63) is 34.9 Å². The van der Waals surface area contributed by atoms with Crippen molar-refractivity contribution in [3.8, 4) is 0 Å². The zero-order valence-electron chi connectivity index (χ0n) is 11.3. The minimum atomic E-state index is -1.60. The van der Waals surface area contributed by atoms with E-state index >= 15 is 0 Å². The molecule has 0 aromatic heterocycles. The molecule has 0 bridgehead atoms. The van der Waals surface area contributed by atoms with Crippen LogP contribution >= 0.6 is 0 Å². The minimum absolute atomic E-state index is 0.0653. The van der Waals surface area contributed by atoms with Gasteiger partial charge in [-0.3, -0.25) is 4.90 Å². The Hall–Kier alpha value is -2.32. The van der Waals surface area contributed by atoms with Crippen molar-refractivity contribution in [1.29, 1.82) is 0 Å². The third-order valence-electron chi connectivity index (χ3n) is 3.57. The Bertz CT molecular complexity index is 611. The second-order valence-corrected chi connectivity index (χ2v) is 4.79. The summed E-state index contributed by atoms with van der Waals surface area (Å²) in [5.41, 5.74) is -0.907. The van der Waals surface area contributed by atoms with Gasteiger partial charge in [-0.05, 0) is 6.42 Å². The Morgan fingerprint density at radius 2 is 1.77 bits per heavy atom. The van der Waals surface area contributed by atoms with Crippen molar-refractivity contribution in [3.63, 3.8) is 0 Å². The SMILES string of the molecule is COC(=O)C1CC(c2c(F)c(F)cc(F)c2F)CN1C(=O)O. The molecular weight excluding hydrogens is 310 g/mol. The third kappa shape index (κ3) is 2.58. The van der Waals surface area contributed by atoms with Gasteiger partial charge in [0.2, 0.25) is 0 Å². The lowest BCUT2D eigenvalue weighted by Gasteiger charge is -2.18. The minimum Gasteiger partial charge on any atom is -0.467 e. The van der Waals surface area contributed by atoms with Gasteiger partial charge < -0.3 is 9.84 Å². The van der Waals surface area contributed by atoms with E-state index in [1.165, 1.54) is 0 Å². The molecule has 120 valence electrons. The van der Waals surface area contributed by atoms with Gasteiger partial charge in [0.25, 0.3) is 0 Å². The summed E-state index contributed by atoms with van der Waals surface area (Å²) in [6.07, 6.45) is -1.84. The molecule has 9 heteroatoms. The van der Waals surface area contributed by atoms with Crippen LogP contribution in [0.1, 0.15) is 17.9 Å². The van der Waals surface area contributed by atoms with Crippen molar-refractivity contribution in [2.75, 3.05) is 13.7 Å². The number of likely N-dealkylation sites (tertiary alicyclic amines) is 1. The fourth-order valence-electron chi connectivity index (χ4n) is 2.57. The zero-order valence-corrected chi connectivity index (χ0v) is 11.3. The maximum atomic E-state index is 13.8. The Morgan fingerprint density at radius 3 is 2.23 bits per heavy atom. The van der Waals surface area contributed by atoms with Crippen LogP contribution in [0, 0.1) is 23.3 Å². The number of methoxy groups -OCH3 is 1. The van der Waals surface area contributed by atoms with E-state index in [-0.39, 0.29) is 12.5 Å². The average Bonchev–Trinajstić information content (AvgIpc) is 2.90. The van der Waals surface area contributed by atoms with Gasteiger partial charge in [0.1, 0.15) is 6.04 Å². The second-order valence-electron chi connectivity index (χ2n) is 4.79. The monoisotopic (exact) mass is 321 g/mol. The van der Waals surface area contributed by atoms with Crippen molar-refractivity contribution < 1.29 is 37.0 Å². The van der Waals surface area contributed by atoms with Crippen molar-refractivity contribution in [2.45, 2.75) is 18.4 Å². The molecule has 1 fully saturated rings. The predicted octanol–water partition coefficient (Wildman–Crippen LogP) is 2.25. The maximum absolute atomic E-state index is 13.8. The summed E-state index contributed by atoms with van der Waals surface area (Å²) in [5.74, 6) is -8.48. The molecule has 1 aromatic rings. The molecule has 0 saturated carbocycles. The first-order valence-electron chi connectivity index (χ1n) is 6.18. The first-order chi connectivity index (χ1) is 10.3. The third-order valence-corrected chi connectivity index (χ3v) is 3.57. The number of hydrogen-bond donors (Lipinski definition) is 1. The van der Waals surface area contributed by atoms with E-state index in [1.54, 1.807) is 0 Å². The Labute approximate surface area is 122 Å². The van der Waals surface area contributed by atoms with E-state index in [9.17, 15) is 27.2 Å². The number of nitrogens with zero attached hydrogens (tertiary/aromatic N) is 1. The van der Waals surface area contributed by atoms with Crippen LogP contribution in [0.15, 0.2) is 6.07 Å². The summed E-state index contributed by atoms with van der Waals surface area (Å²) < 4.78 is 58.5. The van der Waals surface area contributed by atoms with Gasteiger partial charge >= 0.3 is 12.1 Å². The number of carbonyl (C=O) groups excluding carboxylic acids is 1. The largest absolute Gasteiger partial charge is 0.467 e. The standard InChI is InChI=1S/C13H11F4NO4/c1-22-12(19)8-2-5(4-18(8)13(20)21)9-10(16)6(14)3-7(15)11(9)17/h3,5,8H,2,4H2,1H3,(H,20,21). The number of esters is 1. The quantitative estimate of drug-likeness (QED) is 0.515. The molecule has 2 unspecified atom stereocenters. The number of hydrogen-bond acceptors (Lipinski definition) is 3. The highest BCUT2D eigenvalue weighted by Crippen LogP contribution is 2.36. The van der Waals surface area contributed by atoms with E-state index in [1.807, 2.05) is 0 Å². The predicted molar refractivity (Wildman–Crippen MR) is 64.2 cm³/mol. The van der Waals surface area contributed by atoms with Gasteiger partial charge in [-0.1, -0.05) is 0 Å². The van der Waals surface area contributed by atoms with E-state index in [2.05, 4.69) is 4.74 Å². The lowest BCUT2D eigenvalue weighted by Crippen LogP contribution is -2.40. The molecule has 0 spiro atoms. The lowest BCUT2D eigenvalue weighted by molar-refractivity contribution is -0.145. The lowest BCUT2D eigenvalue weighted by atomic mass is 9.95. The number of carbonyl (C=O) groups is 2. The molecule has 1 aromatic carbocycles. The summed E-state index contributed by atoms with van der Waals surface area (Å²) in [4.78, 5) is 23.3. The Morgan fingerprint density at radius 1 is 1.23 bits per heavy atom. The zero-order chi connectivity index (χ0) is 16.6. The average molecular weight is 321 g/mol. The van der Waals surface area contributed by atoms with Crippen LogP contribution in [0.5, 0.6) is 0 Å². The summed E-state index contributed by atoms with van der Waals surface area (Å²) in [7, 11) is 1.03. The van der Waals surface area contributed by atoms with Gasteiger partial charge in [0.05, 0.1) is 7.11 Å². The van der Waals surface area contributed by atoms with Crippen LogP contribution in [-0.2, 0) is 9.53 Å². The first kappa shape index (κ1) is 16.1. The smallest absolute Gasteiger partial charge is 0.408 e. The molecule has 5 nitrogen and oxygen atoms in total. The maximum Gasteiger partial charge on any atom is 0.408 e. The molecule has 1 saturated heterocycles. The van der Waals surface area contributed by atoms with Crippen LogP contribution in [-0.4, -0.2) is 41.8 Å². The van der Waals surface area contributed by atoms with Gasteiger partial charge in [-0.25, -0.2) is 27.2 Å². The summed E-state index contributed by atoms with van der Waals surface area (Å²) in [5, 5.41) is 9.02. The number of rotatable bonds is 2. The van der Waals surface area contributed by atoms with Crippen LogP contribution in [0.3, 0.4) is 0 Å².